The van der Waals surface area contributed by atoms with Gasteiger partial charge in [0, 0.05) is 30.0 Å². The number of carboxylic acids is 1. The van der Waals surface area contributed by atoms with E-state index in [0.717, 1.165) is 16.9 Å². The van der Waals surface area contributed by atoms with E-state index >= 15 is 0 Å². The smallest absolute Gasteiger partial charge is 0.331 e. The van der Waals surface area contributed by atoms with Gasteiger partial charge in [0.2, 0.25) is 11.8 Å². The number of rotatable bonds is 14. The van der Waals surface area contributed by atoms with Gasteiger partial charge in [-0.15, -0.1) is 0 Å². The van der Waals surface area contributed by atoms with E-state index in [1.54, 1.807) is 21.2 Å². The molecular formula is C31H47N3O5. The first-order valence-corrected chi connectivity index (χ1v) is 13.2. The minimum absolute atomic E-state index is 0.0955. The molecule has 0 radical (unpaired) electrons. The lowest BCUT2D eigenvalue weighted by atomic mass is 9.74. The van der Waals surface area contributed by atoms with Crippen molar-refractivity contribution in [1.29, 1.82) is 0 Å². The summed E-state index contributed by atoms with van der Waals surface area (Å²) in [6, 6.07) is 8.22. The summed E-state index contributed by atoms with van der Waals surface area (Å²) in [6.45, 7) is 13.3. The second kappa shape index (κ2) is 14.7. The van der Waals surface area contributed by atoms with Gasteiger partial charge in [-0.1, -0.05) is 82.7 Å². The van der Waals surface area contributed by atoms with Crippen LogP contribution in [0.2, 0.25) is 0 Å². The summed E-state index contributed by atoms with van der Waals surface area (Å²) in [7, 11) is 4.94. The summed E-state index contributed by atoms with van der Waals surface area (Å²) < 4.78 is 5.28. The van der Waals surface area contributed by atoms with Crippen molar-refractivity contribution < 1.29 is 24.2 Å². The van der Waals surface area contributed by atoms with Crippen molar-refractivity contribution in [3.63, 3.8) is 0 Å². The molecular weight excluding hydrogens is 494 g/mol. The molecule has 1 rings (SSSR count). The lowest BCUT2D eigenvalue weighted by Gasteiger charge is -2.40. The SMILES string of the molecule is CC/C(=C\C=C(/C)OC)C(C)(C)C(NC(=O)C(NC)C(C)(C)c1ccccc1)C(=O)N(C)C/C=C(\C)C(=O)O. The van der Waals surface area contributed by atoms with Crippen LogP contribution in [0.15, 0.2) is 65.5 Å². The molecule has 3 N–H and O–H groups in total. The van der Waals surface area contributed by atoms with Gasteiger partial charge in [-0.3, -0.25) is 9.59 Å². The van der Waals surface area contributed by atoms with Crippen LogP contribution in [0.1, 0.15) is 60.5 Å². The first-order valence-electron chi connectivity index (χ1n) is 13.2. The molecule has 1 aromatic carbocycles. The van der Waals surface area contributed by atoms with Crippen LogP contribution in [-0.4, -0.2) is 67.6 Å². The highest BCUT2D eigenvalue weighted by Crippen LogP contribution is 2.35. The number of hydrogen-bond donors (Lipinski definition) is 3. The molecule has 0 heterocycles. The fourth-order valence-corrected chi connectivity index (χ4v) is 4.56. The summed E-state index contributed by atoms with van der Waals surface area (Å²) in [5.74, 6) is -0.947. The maximum Gasteiger partial charge on any atom is 0.331 e. The van der Waals surface area contributed by atoms with Gasteiger partial charge in [0.05, 0.1) is 18.9 Å². The van der Waals surface area contributed by atoms with Crippen molar-refractivity contribution >= 4 is 17.8 Å². The van der Waals surface area contributed by atoms with Crippen molar-refractivity contribution in [2.75, 3.05) is 27.7 Å². The quantitative estimate of drug-likeness (QED) is 0.183. The zero-order valence-electron chi connectivity index (χ0n) is 25.2. The topological polar surface area (TPSA) is 108 Å². The molecule has 0 bridgehead atoms. The Kier molecular flexibility index (Phi) is 12.7. The van der Waals surface area contributed by atoms with E-state index in [9.17, 15) is 19.5 Å². The first kappa shape index (κ1) is 33.6. The lowest BCUT2D eigenvalue weighted by molar-refractivity contribution is -0.138. The highest BCUT2D eigenvalue weighted by Gasteiger charge is 2.43. The Morgan fingerprint density at radius 3 is 2.13 bits per heavy atom. The number of allylic oxidation sites excluding steroid dienone is 3. The third-order valence-electron chi connectivity index (χ3n) is 7.48. The molecule has 2 atom stereocenters. The van der Waals surface area contributed by atoms with Gasteiger partial charge in [-0.05, 0) is 39.0 Å². The van der Waals surface area contributed by atoms with Crippen LogP contribution in [0.4, 0.5) is 0 Å². The van der Waals surface area contributed by atoms with Crippen LogP contribution in [0.3, 0.4) is 0 Å². The van der Waals surface area contributed by atoms with Crippen LogP contribution in [-0.2, 0) is 24.5 Å². The summed E-state index contributed by atoms with van der Waals surface area (Å²) >= 11 is 0. The van der Waals surface area contributed by atoms with Crippen molar-refractivity contribution in [2.45, 2.75) is 72.4 Å². The Morgan fingerprint density at radius 1 is 1.05 bits per heavy atom. The Balaban J connectivity index is 3.54. The number of methoxy groups -OCH3 is 1. The summed E-state index contributed by atoms with van der Waals surface area (Å²) in [4.78, 5) is 40.5. The van der Waals surface area contributed by atoms with Crippen LogP contribution in [0.25, 0.3) is 0 Å². The normalized spacial score (nSPS) is 14.9. The molecule has 0 aromatic heterocycles. The van der Waals surface area contributed by atoms with Crippen molar-refractivity contribution in [1.82, 2.24) is 15.5 Å². The molecule has 8 heteroatoms. The van der Waals surface area contributed by atoms with Gasteiger partial charge in [-0.2, -0.15) is 0 Å². The van der Waals surface area contributed by atoms with E-state index in [-0.39, 0.29) is 23.9 Å². The van der Waals surface area contributed by atoms with Crippen molar-refractivity contribution in [2.24, 2.45) is 5.41 Å². The van der Waals surface area contributed by atoms with Gasteiger partial charge in [0.25, 0.3) is 0 Å². The molecule has 216 valence electrons. The predicted molar refractivity (Wildman–Crippen MR) is 156 cm³/mol. The Morgan fingerprint density at radius 2 is 1.64 bits per heavy atom. The monoisotopic (exact) mass is 541 g/mol. The third kappa shape index (κ3) is 8.82. The average Bonchev–Trinajstić information content (AvgIpc) is 2.90. The van der Waals surface area contributed by atoms with Crippen LogP contribution in [0.5, 0.6) is 0 Å². The predicted octanol–water partition coefficient (Wildman–Crippen LogP) is 4.44. The molecule has 0 saturated heterocycles. The zero-order valence-corrected chi connectivity index (χ0v) is 25.2. The second-order valence-electron chi connectivity index (χ2n) is 10.9. The van der Waals surface area contributed by atoms with Gasteiger partial charge in [0.1, 0.15) is 6.04 Å². The molecule has 8 nitrogen and oxygen atoms in total. The Labute approximate surface area is 234 Å². The molecule has 2 unspecified atom stereocenters. The fourth-order valence-electron chi connectivity index (χ4n) is 4.56. The highest BCUT2D eigenvalue weighted by molar-refractivity contribution is 5.92. The molecule has 0 fully saturated rings. The standard InChI is InChI=1S/C31H47N3O5/c1-11-23(18-17-22(3)39-10)30(4,5)26(28(36)34(9)20-19-21(2)29(37)38)33-27(35)25(32-8)31(6,7)24-15-13-12-14-16-24/h12-19,25-26,32H,11,20H2,1-10H3,(H,33,35)(H,37,38)/b21-19+,22-17+,23-18+. The Hall–Kier alpha value is -3.39. The van der Waals surface area contributed by atoms with E-state index in [0.29, 0.717) is 6.42 Å². The maximum atomic E-state index is 13.9. The van der Waals surface area contributed by atoms with E-state index in [2.05, 4.69) is 10.6 Å². The van der Waals surface area contributed by atoms with E-state index in [1.807, 2.05) is 84.0 Å². The molecule has 0 saturated carbocycles. The fraction of sp³-hybridized carbons (Fsp3) is 0.516. The second-order valence-corrected chi connectivity index (χ2v) is 10.9. The number of hydrogen-bond acceptors (Lipinski definition) is 5. The van der Waals surface area contributed by atoms with Gasteiger partial charge >= 0.3 is 5.97 Å². The largest absolute Gasteiger partial charge is 0.501 e. The lowest BCUT2D eigenvalue weighted by Crippen LogP contribution is -2.61. The molecule has 0 aliphatic rings. The Bertz CT molecular complexity index is 1090. The van der Waals surface area contributed by atoms with Crippen LogP contribution >= 0.6 is 0 Å². The van der Waals surface area contributed by atoms with Gasteiger partial charge in [0.15, 0.2) is 0 Å². The zero-order chi connectivity index (χ0) is 30.0. The number of nitrogens with one attached hydrogen (secondary N) is 2. The number of ether oxygens (including phenoxy) is 1. The summed E-state index contributed by atoms with van der Waals surface area (Å²) in [5, 5.41) is 15.4. The molecule has 0 aliphatic carbocycles. The number of carboxylic acid groups (broad SMARTS) is 1. The highest BCUT2D eigenvalue weighted by atomic mass is 16.5. The average molecular weight is 542 g/mol. The third-order valence-corrected chi connectivity index (χ3v) is 7.48. The molecule has 1 aromatic rings. The molecule has 0 aliphatic heterocycles. The van der Waals surface area contributed by atoms with Crippen molar-refractivity contribution in [3.05, 3.63) is 71.0 Å². The number of amides is 2. The summed E-state index contributed by atoms with van der Waals surface area (Å²) in [6.07, 6.45) is 5.92. The number of carbonyl (C=O) groups excluding carboxylic acids is 2. The van der Waals surface area contributed by atoms with E-state index in [4.69, 9.17) is 4.74 Å². The first-order chi connectivity index (χ1) is 18.1. The minimum atomic E-state index is -1.04. The number of benzene rings is 1. The molecule has 0 spiro atoms. The van der Waals surface area contributed by atoms with Gasteiger partial charge in [-0.25, -0.2) is 4.79 Å². The maximum absolute atomic E-state index is 13.9. The summed E-state index contributed by atoms with van der Waals surface area (Å²) in [5.41, 5.74) is 0.728. The van der Waals surface area contributed by atoms with E-state index in [1.165, 1.54) is 17.9 Å². The minimum Gasteiger partial charge on any atom is -0.501 e. The van der Waals surface area contributed by atoms with Crippen molar-refractivity contribution in [3.8, 4) is 0 Å². The van der Waals surface area contributed by atoms with E-state index < -0.39 is 28.9 Å². The number of nitrogens with zero attached hydrogens (tertiary/aromatic N) is 1. The van der Waals surface area contributed by atoms with Crippen LogP contribution in [0, 0.1) is 5.41 Å². The number of aliphatic carboxylic acids is 1. The molecule has 2 amide bonds. The van der Waals surface area contributed by atoms with Gasteiger partial charge < -0.3 is 25.4 Å². The number of carbonyl (C=O) groups is 3. The molecule has 39 heavy (non-hydrogen) atoms. The number of likely N-dealkylation sites (N-methyl/N-ethyl adjacent to an activating group) is 2. The van der Waals surface area contributed by atoms with Crippen LogP contribution < -0.4 is 10.6 Å².